The Bertz CT molecular complexity index is 639. The van der Waals surface area contributed by atoms with Gasteiger partial charge in [-0.1, -0.05) is 11.3 Å². The number of nitrogens with two attached hydrogens (primary N) is 1. The van der Waals surface area contributed by atoms with E-state index in [1.54, 1.807) is 6.07 Å². The maximum atomic E-state index is 13.3. The van der Waals surface area contributed by atoms with Crippen molar-refractivity contribution in [1.82, 2.24) is 15.0 Å². The average Bonchev–Trinajstić information content (AvgIpc) is 2.78. The molecule has 7 heteroatoms. The van der Waals surface area contributed by atoms with Crippen LogP contribution < -0.4 is 5.73 Å². The smallest absolute Gasteiger partial charge is 0.358 e. The minimum atomic E-state index is -1.14. The van der Waals surface area contributed by atoms with E-state index in [1.165, 1.54) is 16.8 Å². The van der Waals surface area contributed by atoms with E-state index in [9.17, 15) is 9.18 Å². The van der Waals surface area contributed by atoms with Gasteiger partial charge in [0, 0.05) is 6.42 Å². The molecular formula is C13H15FN4O2. The topological polar surface area (TPSA) is 94.0 Å². The summed E-state index contributed by atoms with van der Waals surface area (Å²) < 4.78 is 14.7. The number of carboxylic acid groups (broad SMARTS) is 1. The second-order valence-electron chi connectivity index (χ2n) is 4.46. The summed E-state index contributed by atoms with van der Waals surface area (Å²) in [7, 11) is 0. The predicted molar refractivity (Wildman–Crippen MR) is 70.0 cm³/mol. The van der Waals surface area contributed by atoms with Crippen LogP contribution in [-0.2, 0) is 13.0 Å². The van der Waals surface area contributed by atoms with Crippen LogP contribution in [0.5, 0.6) is 0 Å². The fourth-order valence-corrected chi connectivity index (χ4v) is 1.98. The molecule has 0 saturated carbocycles. The molecule has 2 aromatic rings. The highest BCUT2D eigenvalue weighted by Gasteiger charge is 2.18. The molecule has 1 aromatic carbocycles. The highest BCUT2D eigenvalue weighted by molar-refractivity contribution is 5.86. The Balaban J connectivity index is 2.38. The number of benzene rings is 1. The minimum absolute atomic E-state index is 0.107. The molecule has 0 aliphatic heterocycles. The van der Waals surface area contributed by atoms with Crippen LogP contribution in [0.3, 0.4) is 0 Å². The van der Waals surface area contributed by atoms with Crippen molar-refractivity contribution in [2.24, 2.45) is 5.73 Å². The Morgan fingerprint density at radius 3 is 2.90 bits per heavy atom. The number of halogens is 1. The first-order valence-corrected chi connectivity index (χ1v) is 6.13. The van der Waals surface area contributed by atoms with Crippen molar-refractivity contribution in [3.05, 3.63) is 46.5 Å². The molecule has 0 aliphatic carbocycles. The van der Waals surface area contributed by atoms with Crippen LogP contribution in [0.2, 0.25) is 0 Å². The number of aromatic carboxylic acids is 1. The van der Waals surface area contributed by atoms with Crippen molar-refractivity contribution < 1.29 is 14.3 Å². The zero-order chi connectivity index (χ0) is 14.7. The zero-order valence-corrected chi connectivity index (χ0v) is 11.0. The molecule has 0 bridgehead atoms. The fraction of sp³-hybridized carbons (Fsp3) is 0.308. The van der Waals surface area contributed by atoms with E-state index < -0.39 is 5.97 Å². The van der Waals surface area contributed by atoms with Crippen LogP contribution in [0.25, 0.3) is 0 Å². The average molecular weight is 278 g/mol. The van der Waals surface area contributed by atoms with Gasteiger partial charge in [0.2, 0.25) is 0 Å². The molecule has 3 N–H and O–H groups in total. The van der Waals surface area contributed by atoms with Gasteiger partial charge in [-0.25, -0.2) is 13.9 Å². The number of rotatable bonds is 5. The zero-order valence-electron chi connectivity index (χ0n) is 11.0. The van der Waals surface area contributed by atoms with Gasteiger partial charge < -0.3 is 10.8 Å². The molecule has 0 unspecified atom stereocenters. The van der Waals surface area contributed by atoms with Gasteiger partial charge in [-0.2, -0.15) is 0 Å². The maximum Gasteiger partial charge on any atom is 0.358 e. The predicted octanol–water partition coefficient (Wildman–Crippen LogP) is 0.973. The maximum absolute atomic E-state index is 13.3. The van der Waals surface area contributed by atoms with Crippen LogP contribution in [0.15, 0.2) is 18.2 Å². The molecule has 1 heterocycles. The molecule has 0 fully saturated rings. The minimum Gasteiger partial charge on any atom is -0.476 e. The van der Waals surface area contributed by atoms with E-state index in [0.29, 0.717) is 12.1 Å². The quantitative estimate of drug-likeness (QED) is 0.850. The normalized spacial score (nSPS) is 10.8. The van der Waals surface area contributed by atoms with E-state index in [1.807, 2.05) is 6.92 Å². The first kappa shape index (κ1) is 14.1. The summed E-state index contributed by atoms with van der Waals surface area (Å²) in [5, 5.41) is 16.5. The Morgan fingerprint density at radius 1 is 1.50 bits per heavy atom. The Kier molecular flexibility index (Phi) is 4.09. The number of carbonyl (C=O) groups is 1. The standard InChI is InChI=1S/C13H15FN4O2/c1-8-2-3-10(14)6-9(8)7-18-11(4-5-15)12(13(19)20)16-17-18/h2-3,6H,4-5,7,15H2,1H3,(H,19,20). The lowest BCUT2D eigenvalue weighted by molar-refractivity contribution is 0.0689. The van der Waals surface area contributed by atoms with Crippen molar-refractivity contribution in [3.63, 3.8) is 0 Å². The monoisotopic (exact) mass is 278 g/mol. The van der Waals surface area contributed by atoms with Crippen LogP contribution in [0, 0.1) is 12.7 Å². The molecule has 20 heavy (non-hydrogen) atoms. The number of hydrogen-bond donors (Lipinski definition) is 2. The van der Waals surface area contributed by atoms with Crippen LogP contribution >= 0.6 is 0 Å². The largest absolute Gasteiger partial charge is 0.476 e. The van der Waals surface area contributed by atoms with Crippen LogP contribution in [0.4, 0.5) is 4.39 Å². The van der Waals surface area contributed by atoms with Gasteiger partial charge in [0.15, 0.2) is 5.69 Å². The second kappa shape index (κ2) is 5.79. The van der Waals surface area contributed by atoms with Crippen molar-refractivity contribution in [1.29, 1.82) is 0 Å². The summed E-state index contributed by atoms with van der Waals surface area (Å²) >= 11 is 0. The molecule has 0 amide bonds. The van der Waals surface area contributed by atoms with E-state index in [4.69, 9.17) is 10.8 Å². The third-order valence-corrected chi connectivity index (χ3v) is 3.05. The molecule has 0 radical (unpaired) electrons. The molecule has 1 aromatic heterocycles. The third-order valence-electron chi connectivity index (χ3n) is 3.05. The highest BCUT2D eigenvalue weighted by Crippen LogP contribution is 2.14. The summed E-state index contributed by atoms with van der Waals surface area (Å²) in [6.07, 6.45) is 0.350. The lowest BCUT2D eigenvalue weighted by atomic mass is 10.1. The summed E-state index contributed by atoms with van der Waals surface area (Å²) in [5.41, 5.74) is 7.45. The molecule has 0 spiro atoms. The van der Waals surface area contributed by atoms with Gasteiger partial charge in [-0.05, 0) is 36.7 Å². The van der Waals surface area contributed by atoms with Gasteiger partial charge >= 0.3 is 5.97 Å². The summed E-state index contributed by atoms with van der Waals surface area (Å²) in [6, 6.07) is 4.45. The van der Waals surface area contributed by atoms with Gasteiger partial charge in [-0.15, -0.1) is 5.10 Å². The molecule has 0 saturated heterocycles. The van der Waals surface area contributed by atoms with E-state index in [0.717, 1.165) is 11.1 Å². The second-order valence-corrected chi connectivity index (χ2v) is 4.46. The van der Waals surface area contributed by atoms with E-state index >= 15 is 0 Å². The number of aryl methyl sites for hydroxylation is 1. The van der Waals surface area contributed by atoms with E-state index in [2.05, 4.69) is 10.3 Å². The molecular weight excluding hydrogens is 263 g/mol. The molecule has 6 nitrogen and oxygen atoms in total. The van der Waals surface area contributed by atoms with Gasteiger partial charge in [0.05, 0.1) is 12.2 Å². The molecule has 2 rings (SSSR count). The number of nitrogens with zero attached hydrogens (tertiary/aromatic N) is 3. The summed E-state index contributed by atoms with van der Waals surface area (Å²) in [5.74, 6) is -1.49. The first-order chi connectivity index (χ1) is 9.52. The Labute approximate surface area is 115 Å². The number of hydrogen-bond acceptors (Lipinski definition) is 4. The molecule has 0 atom stereocenters. The Hall–Kier alpha value is -2.28. The van der Waals surface area contributed by atoms with Gasteiger partial charge in [0.1, 0.15) is 5.82 Å². The Morgan fingerprint density at radius 2 is 2.25 bits per heavy atom. The molecule has 106 valence electrons. The lowest BCUT2D eigenvalue weighted by Gasteiger charge is -2.09. The fourth-order valence-electron chi connectivity index (χ4n) is 1.98. The highest BCUT2D eigenvalue weighted by atomic mass is 19.1. The number of aromatic nitrogens is 3. The molecule has 0 aliphatic rings. The van der Waals surface area contributed by atoms with Crippen molar-refractivity contribution in [2.45, 2.75) is 19.9 Å². The lowest BCUT2D eigenvalue weighted by Crippen LogP contribution is -2.14. The van der Waals surface area contributed by atoms with Gasteiger partial charge in [-0.3, -0.25) is 0 Å². The third kappa shape index (κ3) is 2.83. The SMILES string of the molecule is Cc1ccc(F)cc1Cn1nnc(C(=O)O)c1CCN. The number of carboxylic acids is 1. The first-order valence-electron chi connectivity index (χ1n) is 6.13. The van der Waals surface area contributed by atoms with Gasteiger partial charge in [0.25, 0.3) is 0 Å². The van der Waals surface area contributed by atoms with Crippen LogP contribution in [0.1, 0.15) is 27.3 Å². The van der Waals surface area contributed by atoms with Crippen molar-refractivity contribution in [3.8, 4) is 0 Å². The van der Waals surface area contributed by atoms with Crippen LogP contribution in [-0.4, -0.2) is 32.6 Å². The summed E-state index contributed by atoms with van der Waals surface area (Å²) in [4.78, 5) is 11.1. The van der Waals surface area contributed by atoms with E-state index in [-0.39, 0.29) is 24.6 Å². The van der Waals surface area contributed by atoms with Crippen molar-refractivity contribution in [2.75, 3.05) is 6.54 Å². The van der Waals surface area contributed by atoms with Crippen molar-refractivity contribution >= 4 is 5.97 Å². The summed E-state index contributed by atoms with van der Waals surface area (Å²) in [6.45, 7) is 2.40.